The number of carbonyl (C=O) groups is 2. The van der Waals surface area contributed by atoms with Crippen LogP contribution in [0, 0.1) is 13.8 Å². The van der Waals surface area contributed by atoms with Crippen LogP contribution >= 0.6 is 0 Å². The normalized spacial score (nSPS) is 15.0. The molecule has 0 saturated carbocycles. The van der Waals surface area contributed by atoms with Crippen molar-refractivity contribution >= 4 is 28.3 Å². The van der Waals surface area contributed by atoms with Crippen molar-refractivity contribution in [1.29, 1.82) is 0 Å². The van der Waals surface area contributed by atoms with Crippen LogP contribution in [0.25, 0.3) is 0 Å². The molecule has 0 bridgehead atoms. The second-order valence-corrected chi connectivity index (χ2v) is 9.44. The van der Waals surface area contributed by atoms with Gasteiger partial charge in [0.15, 0.2) is 0 Å². The minimum absolute atomic E-state index is 0.207. The maximum atomic E-state index is 13.7. The molecule has 164 valence electrons. The Morgan fingerprint density at radius 1 is 1.00 bits per heavy atom. The van der Waals surface area contributed by atoms with E-state index in [1.165, 1.54) is 0 Å². The molecule has 1 heterocycles. The first kappa shape index (κ1) is 22.0. The molecule has 3 aromatic carbocycles. The highest BCUT2D eigenvalue weighted by Gasteiger charge is 2.31. The molecule has 1 atom stereocenters. The van der Waals surface area contributed by atoms with Crippen molar-refractivity contribution in [3.05, 3.63) is 88.5 Å². The topological polar surface area (TPSA) is 66.5 Å². The van der Waals surface area contributed by atoms with Crippen LogP contribution < -0.4 is 10.2 Å². The lowest BCUT2D eigenvalue weighted by Crippen LogP contribution is -2.31. The predicted octanol–water partition coefficient (Wildman–Crippen LogP) is 4.77. The summed E-state index contributed by atoms with van der Waals surface area (Å²) in [7, 11) is -1.54. The van der Waals surface area contributed by atoms with Gasteiger partial charge in [0, 0.05) is 12.1 Å². The van der Waals surface area contributed by atoms with Gasteiger partial charge in [-0.25, -0.2) is 4.21 Å². The van der Waals surface area contributed by atoms with Gasteiger partial charge in [-0.1, -0.05) is 42.8 Å². The van der Waals surface area contributed by atoms with E-state index in [1.54, 1.807) is 47.4 Å². The van der Waals surface area contributed by atoms with Crippen molar-refractivity contribution in [2.75, 3.05) is 11.4 Å². The van der Waals surface area contributed by atoms with Gasteiger partial charge in [-0.2, -0.15) is 0 Å². The average Bonchev–Trinajstić information content (AvgIpc) is 2.89. The number of fused-ring (bicyclic) bond motifs is 2. The third-order valence-electron chi connectivity index (χ3n) is 5.64. The van der Waals surface area contributed by atoms with Crippen LogP contribution in [0.15, 0.2) is 70.5 Å². The Kier molecular flexibility index (Phi) is 6.24. The summed E-state index contributed by atoms with van der Waals surface area (Å²) in [6, 6.07) is 18.2. The maximum Gasteiger partial charge on any atom is 0.259 e. The van der Waals surface area contributed by atoms with Crippen molar-refractivity contribution in [3.63, 3.8) is 0 Å². The minimum Gasteiger partial charge on any atom is -0.352 e. The smallest absolute Gasteiger partial charge is 0.259 e. The van der Waals surface area contributed by atoms with Gasteiger partial charge in [0.05, 0.1) is 38.4 Å². The Hall–Kier alpha value is -3.25. The summed E-state index contributed by atoms with van der Waals surface area (Å²) in [5.74, 6) is -0.430. The molecular formula is C26H26N2O3S. The summed E-state index contributed by atoms with van der Waals surface area (Å²) in [5.41, 5.74) is 4.55. The van der Waals surface area contributed by atoms with Crippen molar-refractivity contribution in [1.82, 2.24) is 5.32 Å². The zero-order chi connectivity index (χ0) is 22.8. The molecule has 0 fully saturated rings. The van der Waals surface area contributed by atoms with Crippen molar-refractivity contribution in [3.8, 4) is 0 Å². The van der Waals surface area contributed by atoms with Crippen molar-refractivity contribution < 1.29 is 13.8 Å². The fourth-order valence-electron chi connectivity index (χ4n) is 3.84. The summed E-state index contributed by atoms with van der Waals surface area (Å²) in [5, 5.41) is 2.87. The number of carbonyl (C=O) groups excluding carboxylic acids is 2. The highest BCUT2D eigenvalue weighted by atomic mass is 32.2. The maximum absolute atomic E-state index is 13.7. The van der Waals surface area contributed by atoms with E-state index in [0.29, 0.717) is 39.7 Å². The van der Waals surface area contributed by atoms with Crippen LogP contribution in [0.4, 0.5) is 5.69 Å². The van der Waals surface area contributed by atoms with Crippen LogP contribution in [0.3, 0.4) is 0 Å². The van der Waals surface area contributed by atoms with Gasteiger partial charge >= 0.3 is 0 Å². The van der Waals surface area contributed by atoms with E-state index in [-0.39, 0.29) is 11.8 Å². The van der Waals surface area contributed by atoms with Crippen molar-refractivity contribution in [2.24, 2.45) is 0 Å². The molecule has 4 rings (SSSR count). The molecule has 0 spiro atoms. The summed E-state index contributed by atoms with van der Waals surface area (Å²) >= 11 is 0. The SMILES string of the molecule is CCCNC(=O)c1ccc2c(c1)N(Cc1cc(C)ccc1C)C(=O)c1ccccc1S2=O. The molecule has 5 nitrogen and oxygen atoms in total. The van der Waals surface area contributed by atoms with Crippen LogP contribution in [0.1, 0.15) is 50.8 Å². The van der Waals surface area contributed by atoms with E-state index >= 15 is 0 Å². The van der Waals surface area contributed by atoms with Gasteiger partial charge in [0.2, 0.25) is 0 Å². The molecule has 0 aromatic heterocycles. The number of hydrogen-bond donors (Lipinski definition) is 1. The fourth-order valence-corrected chi connectivity index (χ4v) is 5.19. The van der Waals surface area contributed by atoms with Crippen LogP contribution in [-0.4, -0.2) is 22.6 Å². The first-order valence-corrected chi connectivity index (χ1v) is 11.9. The average molecular weight is 447 g/mol. The van der Waals surface area contributed by atoms with E-state index in [2.05, 4.69) is 11.4 Å². The third kappa shape index (κ3) is 4.10. The Morgan fingerprint density at radius 2 is 1.78 bits per heavy atom. The number of hydrogen-bond acceptors (Lipinski definition) is 3. The number of rotatable bonds is 5. The highest BCUT2D eigenvalue weighted by Crippen LogP contribution is 2.36. The highest BCUT2D eigenvalue weighted by molar-refractivity contribution is 7.85. The molecule has 1 aliphatic rings. The van der Waals surface area contributed by atoms with Crippen LogP contribution in [0.5, 0.6) is 0 Å². The molecule has 1 N–H and O–H groups in total. The monoisotopic (exact) mass is 446 g/mol. The molecule has 0 aliphatic carbocycles. The largest absolute Gasteiger partial charge is 0.352 e. The van der Waals surface area contributed by atoms with Gasteiger partial charge in [-0.15, -0.1) is 0 Å². The van der Waals surface area contributed by atoms with E-state index in [1.807, 2.05) is 32.9 Å². The van der Waals surface area contributed by atoms with Crippen LogP contribution in [0.2, 0.25) is 0 Å². The molecule has 6 heteroatoms. The molecule has 32 heavy (non-hydrogen) atoms. The number of nitrogens with zero attached hydrogens (tertiary/aromatic N) is 1. The molecule has 1 unspecified atom stereocenters. The quantitative estimate of drug-likeness (QED) is 0.614. The second-order valence-electron chi connectivity index (χ2n) is 8.02. The van der Waals surface area contributed by atoms with E-state index in [0.717, 1.165) is 23.1 Å². The zero-order valence-electron chi connectivity index (χ0n) is 18.5. The van der Waals surface area contributed by atoms with Gasteiger partial charge in [-0.05, 0) is 61.7 Å². The molecular weight excluding hydrogens is 420 g/mol. The number of benzene rings is 3. The zero-order valence-corrected chi connectivity index (χ0v) is 19.3. The van der Waals surface area contributed by atoms with Crippen molar-refractivity contribution in [2.45, 2.75) is 43.5 Å². The van der Waals surface area contributed by atoms with Crippen LogP contribution in [-0.2, 0) is 17.3 Å². The lowest BCUT2D eigenvalue weighted by Gasteiger charge is -2.24. The van der Waals surface area contributed by atoms with Gasteiger partial charge < -0.3 is 10.2 Å². The standard InChI is InChI=1S/C26H26N2O3S/c1-4-13-27-25(29)19-11-12-24-22(15-19)28(16-20-14-17(2)9-10-18(20)3)26(30)21-7-5-6-8-23(21)32(24)31/h5-12,14-15H,4,13,16H2,1-3H3,(H,27,29). The molecule has 1 aliphatic heterocycles. The number of anilines is 1. The summed E-state index contributed by atoms with van der Waals surface area (Å²) < 4.78 is 13.5. The lowest BCUT2D eigenvalue weighted by molar-refractivity contribution is 0.0950. The Bertz CT molecular complexity index is 1240. The molecule has 0 radical (unpaired) electrons. The van der Waals surface area contributed by atoms with Gasteiger partial charge in [0.25, 0.3) is 11.8 Å². The third-order valence-corrected chi connectivity index (χ3v) is 7.14. The fraction of sp³-hybridized carbons (Fsp3) is 0.231. The lowest BCUT2D eigenvalue weighted by atomic mass is 10.0. The molecule has 3 aromatic rings. The first-order valence-electron chi connectivity index (χ1n) is 10.7. The second kappa shape index (κ2) is 9.09. The summed E-state index contributed by atoms with van der Waals surface area (Å²) in [4.78, 5) is 29.0. The van der Waals surface area contributed by atoms with E-state index < -0.39 is 10.8 Å². The number of nitrogens with one attached hydrogen (secondary N) is 1. The predicted molar refractivity (Wildman–Crippen MR) is 127 cm³/mol. The summed E-state index contributed by atoms with van der Waals surface area (Å²) in [6.45, 7) is 6.91. The number of amides is 2. The minimum atomic E-state index is -1.54. The molecule has 0 saturated heterocycles. The van der Waals surface area contributed by atoms with Gasteiger partial charge in [0.1, 0.15) is 0 Å². The number of aryl methyl sites for hydroxylation is 2. The van der Waals surface area contributed by atoms with E-state index in [4.69, 9.17) is 0 Å². The Morgan fingerprint density at radius 3 is 2.56 bits per heavy atom. The Balaban J connectivity index is 1.88. The Labute approximate surface area is 190 Å². The van der Waals surface area contributed by atoms with Gasteiger partial charge in [-0.3, -0.25) is 9.59 Å². The summed E-state index contributed by atoms with van der Waals surface area (Å²) in [6.07, 6.45) is 0.827. The van der Waals surface area contributed by atoms with E-state index in [9.17, 15) is 13.8 Å². The first-order chi connectivity index (χ1) is 15.4. The molecule has 2 amide bonds.